The molecule has 0 saturated carbocycles. The van der Waals surface area contributed by atoms with E-state index < -0.39 is 0 Å². The molecule has 3 rings (SSSR count). The van der Waals surface area contributed by atoms with E-state index in [9.17, 15) is 4.39 Å². The van der Waals surface area contributed by atoms with E-state index in [1.165, 1.54) is 12.1 Å². The number of hydrogen-bond acceptors (Lipinski definition) is 3. The van der Waals surface area contributed by atoms with Gasteiger partial charge in [0, 0.05) is 4.47 Å². The SMILES string of the molecule is CCOc1cccc2c1nc(N)n2-c1cc(F)ccc1Br. The van der Waals surface area contributed by atoms with E-state index in [1.807, 2.05) is 25.1 Å². The van der Waals surface area contributed by atoms with Crippen LogP contribution in [0.15, 0.2) is 40.9 Å². The molecule has 4 nitrogen and oxygen atoms in total. The van der Waals surface area contributed by atoms with Gasteiger partial charge in [-0.05, 0) is 53.2 Å². The van der Waals surface area contributed by atoms with Crippen LogP contribution in [0.1, 0.15) is 6.92 Å². The zero-order valence-electron chi connectivity index (χ0n) is 11.3. The Hall–Kier alpha value is -2.08. The second-order valence-electron chi connectivity index (χ2n) is 4.46. The maximum atomic E-state index is 13.6. The van der Waals surface area contributed by atoms with Crippen LogP contribution < -0.4 is 10.5 Å². The molecule has 0 aliphatic rings. The van der Waals surface area contributed by atoms with Gasteiger partial charge >= 0.3 is 0 Å². The summed E-state index contributed by atoms with van der Waals surface area (Å²) < 4.78 is 21.5. The Balaban J connectivity index is 2.30. The molecule has 21 heavy (non-hydrogen) atoms. The van der Waals surface area contributed by atoms with Crippen LogP contribution in [-0.2, 0) is 0 Å². The van der Waals surface area contributed by atoms with Crippen molar-refractivity contribution < 1.29 is 9.13 Å². The van der Waals surface area contributed by atoms with Crippen molar-refractivity contribution >= 4 is 32.9 Å². The van der Waals surface area contributed by atoms with Crippen LogP contribution in [0, 0.1) is 5.82 Å². The number of nitrogens with two attached hydrogens (primary N) is 1. The Morgan fingerprint density at radius 3 is 2.90 bits per heavy atom. The van der Waals surface area contributed by atoms with Crippen molar-refractivity contribution in [1.82, 2.24) is 9.55 Å². The van der Waals surface area contributed by atoms with Crippen molar-refractivity contribution in [2.24, 2.45) is 0 Å². The molecule has 2 aromatic carbocycles. The average molecular weight is 350 g/mol. The molecule has 0 unspecified atom stereocenters. The third kappa shape index (κ3) is 2.35. The van der Waals surface area contributed by atoms with Crippen molar-refractivity contribution in [3.05, 3.63) is 46.7 Å². The fraction of sp³-hybridized carbons (Fsp3) is 0.133. The number of nitrogen functional groups attached to an aromatic ring is 1. The highest BCUT2D eigenvalue weighted by atomic mass is 79.9. The summed E-state index contributed by atoms with van der Waals surface area (Å²) in [5.41, 5.74) is 8.05. The molecule has 0 atom stereocenters. The monoisotopic (exact) mass is 349 g/mol. The lowest BCUT2D eigenvalue weighted by Crippen LogP contribution is -2.01. The van der Waals surface area contributed by atoms with Gasteiger partial charge in [-0.2, -0.15) is 0 Å². The summed E-state index contributed by atoms with van der Waals surface area (Å²) >= 11 is 3.42. The van der Waals surface area contributed by atoms with Crippen LogP contribution in [0.5, 0.6) is 5.75 Å². The topological polar surface area (TPSA) is 53.1 Å². The van der Waals surface area contributed by atoms with Crippen LogP contribution >= 0.6 is 15.9 Å². The standard InChI is InChI=1S/C15H13BrFN3O/c1-2-21-13-5-3-4-11-14(13)19-15(18)20(11)12-8-9(17)6-7-10(12)16/h3-8H,2H2,1H3,(H2,18,19). The van der Waals surface area contributed by atoms with Crippen LogP contribution in [0.4, 0.5) is 10.3 Å². The number of anilines is 1. The summed E-state index contributed by atoms with van der Waals surface area (Å²) in [5.74, 6) is 0.604. The summed E-state index contributed by atoms with van der Waals surface area (Å²) in [5, 5.41) is 0. The summed E-state index contributed by atoms with van der Waals surface area (Å²) in [6.45, 7) is 2.44. The van der Waals surface area contributed by atoms with Crippen molar-refractivity contribution in [3.8, 4) is 11.4 Å². The van der Waals surface area contributed by atoms with Crippen molar-refractivity contribution in [2.45, 2.75) is 6.92 Å². The molecular weight excluding hydrogens is 337 g/mol. The lowest BCUT2D eigenvalue weighted by molar-refractivity contribution is 0.344. The number of halogens is 2. The van der Waals surface area contributed by atoms with E-state index in [0.717, 1.165) is 9.99 Å². The zero-order valence-corrected chi connectivity index (χ0v) is 12.9. The lowest BCUT2D eigenvalue weighted by atomic mass is 10.2. The first-order valence-electron chi connectivity index (χ1n) is 6.47. The van der Waals surface area contributed by atoms with Gasteiger partial charge in [-0.1, -0.05) is 6.07 Å². The Kier molecular flexibility index (Phi) is 3.55. The van der Waals surface area contributed by atoms with E-state index in [0.29, 0.717) is 23.6 Å². The number of benzene rings is 2. The number of imidazole rings is 1. The minimum absolute atomic E-state index is 0.281. The molecular formula is C15H13BrFN3O. The quantitative estimate of drug-likeness (QED) is 0.779. The number of rotatable bonds is 3. The number of fused-ring (bicyclic) bond motifs is 1. The summed E-state index contributed by atoms with van der Waals surface area (Å²) in [6.07, 6.45) is 0. The van der Waals surface area contributed by atoms with Gasteiger partial charge in [0.2, 0.25) is 5.95 Å². The summed E-state index contributed by atoms with van der Waals surface area (Å²) in [4.78, 5) is 4.35. The van der Waals surface area contributed by atoms with Crippen molar-refractivity contribution in [2.75, 3.05) is 12.3 Å². The largest absolute Gasteiger partial charge is 0.492 e. The van der Waals surface area contributed by atoms with Gasteiger partial charge in [-0.15, -0.1) is 0 Å². The highest BCUT2D eigenvalue weighted by Crippen LogP contribution is 2.32. The first-order valence-corrected chi connectivity index (χ1v) is 7.26. The lowest BCUT2D eigenvalue weighted by Gasteiger charge is -2.09. The second kappa shape index (κ2) is 5.37. The summed E-state index contributed by atoms with van der Waals surface area (Å²) in [7, 11) is 0. The number of nitrogens with zero attached hydrogens (tertiary/aromatic N) is 2. The Labute approximate surface area is 129 Å². The van der Waals surface area contributed by atoms with E-state index in [1.54, 1.807) is 10.6 Å². The van der Waals surface area contributed by atoms with Gasteiger partial charge in [-0.25, -0.2) is 9.37 Å². The van der Waals surface area contributed by atoms with Crippen LogP contribution in [-0.4, -0.2) is 16.2 Å². The fourth-order valence-electron chi connectivity index (χ4n) is 2.27. The molecule has 108 valence electrons. The predicted molar refractivity (Wildman–Crippen MR) is 84.3 cm³/mol. The smallest absolute Gasteiger partial charge is 0.206 e. The highest BCUT2D eigenvalue weighted by molar-refractivity contribution is 9.10. The molecule has 0 amide bonds. The molecule has 0 saturated heterocycles. The van der Waals surface area contributed by atoms with Crippen molar-refractivity contribution in [3.63, 3.8) is 0 Å². The van der Waals surface area contributed by atoms with Gasteiger partial charge in [-0.3, -0.25) is 4.57 Å². The van der Waals surface area contributed by atoms with Crippen molar-refractivity contribution in [1.29, 1.82) is 0 Å². The molecule has 0 bridgehead atoms. The van der Waals surface area contributed by atoms with Crippen LogP contribution in [0.2, 0.25) is 0 Å². The molecule has 0 spiro atoms. The maximum Gasteiger partial charge on any atom is 0.206 e. The van der Waals surface area contributed by atoms with Gasteiger partial charge in [0.15, 0.2) is 0 Å². The molecule has 0 aliphatic carbocycles. The first-order chi connectivity index (χ1) is 10.1. The fourth-order valence-corrected chi connectivity index (χ4v) is 2.70. The van der Waals surface area contributed by atoms with E-state index in [4.69, 9.17) is 10.5 Å². The Morgan fingerprint density at radius 1 is 1.33 bits per heavy atom. The summed E-state index contributed by atoms with van der Waals surface area (Å²) in [6, 6.07) is 10.0. The minimum atomic E-state index is -0.338. The maximum absolute atomic E-state index is 13.6. The molecule has 1 heterocycles. The number of para-hydroxylation sites is 1. The molecule has 1 aromatic heterocycles. The normalized spacial score (nSPS) is 11.0. The highest BCUT2D eigenvalue weighted by Gasteiger charge is 2.16. The molecule has 0 fully saturated rings. The molecule has 0 radical (unpaired) electrons. The molecule has 0 aliphatic heterocycles. The molecule has 3 aromatic rings. The molecule has 2 N–H and O–H groups in total. The second-order valence-corrected chi connectivity index (χ2v) is 5.31. The number of aromatic nitrogens is 2. The van der Waals surface area contributed by atoms with Gasteiger partial charge < -0.3 is 10.5 Å². The minimum Gasteiger partial charge on any atom is -0.492 e. The van der Waals surface area contributed by atoms with Crippen LogP contribution in [0.3, 0.4) is 0 Å². The third-order valence-corrected chi connectivity index (χ3v) is 3.79. The zero-order chi connectivity index (χ0) is 15.0. The Morgan fingerprint density at radius 2 is 2.14 bits per heavy atom. The average Bonchev–Trinajstić information content (AvgIpc) is 2.79. The van der Waals surface area contributed by atoms with E-state index >= 15 is 0 Å². The van der Waals surface area contributed by atoms with E-state index in [-0.39, 0.29) is 11.8 Å². The number of ether oxygens (including phenoxy) is 1. The third-order valence-electron chi connectivity index (χ3n) is 3.12. The van der Waals surface area contributed by atoms with E-state index in [2.05, 4.69) is 20.9 Å². The van der Waals surface area contributed by atoms with Gasteiger partial charge in [0.25, 0.3) is 0 Å². The Bertz CT molecular complexity index is 816. The van der Waals surface area contributed by atoms with Crippen LogP contribution in [0.25, 0.3) is 16.7 Å². The predicted octanol–water partition coefficient (Wildman–Crippen LogP) is 3.91. The van der Waals surface area contributed by atoms with Gasteiger partial charge in [0.1, 0.15) is 17.1 Å². The first kappa shape index (κ1) is 13.9. The molecule has 6 heteroatoms. The number of hydrogen-bond donors (Lipinski definition) is 1. The van der Waals surface area contributed by atoms with Gasteiger partial charge in [0.05, 0.1) is 17.8 Å².